The SMILES string of the molecule is Cc1ccoc1-c1nnc(I)o1. The zero-order valence-electron chi connectivity index (χ0n) is 6.24. The van der Waals surface area contributed by atoms with E-state index in [1.54, 1.807) is 6.26 Å². The fraction of sp³-hybridized carbons (Fsp3) is 0.143. The summed E-state index contributed by atoms with van der Waals surface area (Å²) in [5, 5.41) is 7.52. The van der Waals surface area contributed by atoms with Crippen LogP contribution in [0.15, 0.2) is 21.2 Å². The maximum Gasteiger partial charge on any atom is 0.284 e. The molecule has 62 valence electrons. The molecule has 0 aliphatic carbocycles. The summed E-state index contributed by atoms with van der Waals surface area (Å²) in [6, 6.07) is 1.85. The van der Waals surface area contributed by atoms with Crippen molar-refractivity contribution in [2.24, 2.45) is 0 Å². The van der Waals surface area contributed by atoms with Gasteiger partial charge >= 0.3 is 0 Å². The number of hydrogen-bond donors (Lipinski definition) is 0. The summed E-state index contributed by atoms with van der Waals surface area (Å²) in [6.45, 7) is 1.93. The highest BCUT2D eigenvalue weighted by molar-refractivity contribution is 14.1. The van der Waals surface area contributed by atoms with Crippen LogP contribution < -0.4 is 0 Å². The molecule has 0 atom stereocenters. The minimum Gasteiger partial charge on any atom is -0.459 e. The maximum absolute atomic E-state index is 5.18. The molecule has 2 aromatic heterocycles. The number of furan rings is 1. The zero-order chi connectivity index (χ0) is 8.55. The van der Waals surface area contributed by atoms with Gasteiger partial charge < -0.3 is 8.83 Å². The van der Waals surface area contributed by atoms with Gasteiger partial charge in [0.05, 0.1) is 6.26 Å². The van der Waals surface area contributed by atoms with Crippen LogP contribution in [0.1, 0.15) is 5.56 Å². The second-order valence-corrected chi connectivity index (χ2v) is 3.22. The number of nitrogens with zero attached hydrogens (tertiary/aromatic N) is 2. The molecule has 0 unspecified atom stereocenters. The molecule has 0 spiro atoms. The average molecular weight is 276 g/mol. The van der Waals surface area contributed by atoms with Gasteiger partial charge in [-0.05, 0) is 13.0 Å². The molecular formula is C7H5IN2O2. The van der Waals surface area contributed by atoms with Crippen molar-refractivity contribution in [2.45, 2.75) is 6.92 Å². The molecule has 0 saturated carbocycles. The Kier molecular flexibility index (Phi) is 1.87. The van der Waals surface area contributed by atoms with Crippen LogP contribution in [0.5, 0.6) is 0 Å². The van der Waals surface area contributed by atoms with Gasteiger partial charge in [-0.3, -0.25) is 0 Å². The van der Waals surface area contributed by atoms with Gasteiger partial charge in [-0.15, -0.1) is 10.2 Å². The van der Waals surface area contributed by atoms with Crippen molar-refractivity contribution in [3.05, 3.63) is 21.8 Å². The first-order valence-corrected chi connectivity index (χ1v) is 4.39. The second kappa shape index (κ2) is 2.89. The Morgan fingerprint density at radius 1 is 1.42 bits per heavy atom. The number of hydrogen-bond acceptors (Lipinski definition) is 4. The Balaban J connectivity index is 2.50. The highest BCUT2D eigenvalue weighted by atomic mass is 127. The molecule has 12 heavy (non-hydrogen) atoms. The summed E-state index contributed by atoms with van der Waals surface area (Å²) in [7, 11) is 0. The number of aromatic nitrogens is 2. The van der Waals surface area contributed by atoms with Gasteiger partial charge in [0.25, 0.3) is 9.79 Å². The van der Waals surface area contributed by atoms with E-state index in [1.807, 2.05) is 35.6 Å². The molecule has 4 nitrogen and oxygen atoms in total. The molecule has 0 aliphatic rings. The first-order valence-electron chi connectivity index (χ1n) is 3.31. The van der Waals surface area contributed by atoms with Crippen molar-refractivity contribution in [3.63, 3.8) is 0 Å². The van der Waals surface area contributed by atoms with Gasteiger partial charge in [0, 0.05) is 28.2 Å². The third-order valence-electron chi connectivity index (χ3n) is 1.46. The number of aryl methyl sites for hydroxylation is 1. The van der Waals surface area contributed by atoms with Crippen molar-refractivity contribution in [1.29, 1.82) is 0 Å². The Bertz CT molecular complexity index is 394. The lowest BCUT2D eigenvalue weighted by Crippen LogP contribution is -1.76. The van der Waals surface area contributed by atoms with Crippen molar-refractivity contribution in [3.8, 4) is 11.7 Å². The molecule has 2 aromatic rings. The van der Waals surface area contributed by atoms with E-state index in [0.29, 0.717) is 15.5 Å². The van der Waals surface area contributed by atoms with E-state index >= 15 is 0 Å². The molecular weight excluding hydrogens is 271 g/mol. The lowest BCUT2D eigenvalue weighted by molar-refractivity contribution is 0.497. The van der Waals surface area contributed by atoms with Crippen LogP contribution in [0.4, 0.5) is 0 Å². The molecule has 0 fully saturated rings. The maximum atomic E-state index is 5.18. The Morgan fingerprint density at radius 2 is 2.25 bits per heavy atom. The smallest absolute Gasteiger partial charge is 0.284 e. The topological polar surface area (TPSA) is 52.1 Å². The minimum absolute atomic E-state index is 0.432. The molecule has 0 amide bonds. The van der Waals surface area contributed by atoms with E-state index in [4.69, 9.17) is 8.83 Å². The van der Waals surface area contributed by atoms with Crippen molar-refractivity contribution in [1.82, 2.24) is 10.2 Å². The summed E-state index contributed by atoms with van der Waals surface area (Å²) in [5.41, 5.74) is 0.995. The van der Waals surface area contributed by atoms with Crippen LogP contribution in [0.2, 0.25) is 0 Å². The van der Waals surface area contributed by atoms with E-state index in [-0.39, 0.29) is 0 Å². The van der Waals surface area contributed by atoms with Gasteiger partial charge in [-0.1, -0.05) is 0 Å². The van der Waals surface area contributed by atoms with Crippen LogP contribution in [0.3, 0.4) is 0 Å². The predicted octanol–water partition coefficient (Wildman–Crippen LogP) is 2.24. The van der Waals surface area contributed by atoms with E-state index in [9.17, 15) is 0 Å². The zero-order valence-corrected chi connectivity index (χ0v) is 8.40. The standard InChI is InChI=1S/C7H5IN2O2/c1-4-2-3-11-5(4)6-9-10-7(8)12-6/h2-3H,1H3. The van der Waals surface area contributed by atoms with E-state index in [1.165, 1.54) is 0 Å². The molecule has 0 aromatic carbocycles. The van der Waals surface area contributed by atoms with Crippen molar-refractivity contribution < 1.29 is 8.83 Å². The lowest BCUT2D eigenvalue weighted by Gasteiger charge is -1.87. The lowest BCUT2D eigenvalue weighted by atomic mass is 10.3. The van der Waals surface area contributed by atoms with Crippen molar-refractivity contribution >= 4 is 22.6 Å². The molecule has 0 N–H and O–H groups in total. The highest BCUT2D eigenvalue weighted by Crippen LogP contribution is 2.22. The molecule has 5 heteroatoms. The molecule has 2 rings (SSSR count). The first-order chi connectivity index (χ1) is 5.77. The van der Waals surface area contributed by atoms with Gasteiger partial charge in [-0.25, -0.2) is 0 Å². The van der Waals surface area contributed by atoms with Crippen LogP contribution >= 0.6 is 22.6 Å². The average Bonchev–Trinajstić information content (AvgIpc) is 2.58. The molecule has 0 bridgehead atoms. The third kappa shape index (κ3) is 1.24. The fourth-order valence-corrected chi connectivity index (χ4v) is 1.21. The number of rotatable bonds is 1. The summed E-state index contributed by atoms with van der Waals surface area (Å²) < 4.78 is 10.9. The van der Waals surface area contributed by atoms with Gasteiger partial charge in [0.2, 0.25) is 0 Å². The quantitative estimate of drug-likeness (QED) is 0.749. The summed E-state index contributed by atoms with van der Waals surface area (Å²) >= 11 is 1.96. The first kappa shape index (κ1) is 7.78. The van der Waals surface area contributed by atoms with Crippen LogP contribution in [0.25, 0.3) is 11.7 Å². The largest absolute Gasteiger partial charge is 0.459 e. The molecule has 0 saturated heterocycles. The van der Waals surface area contributed by atoms with Gasteiger partial charge in [0.15, 0.2) is 5.76 Å². The van der Waals surface area contributed by atoms with E-state index < -0.39 is 0 Å². The summed E-state index contributed by atoms with van der Waals surface area (Å²) in [4.78, 5) is 0. The van der Waals surface area contributed by atoms with Gasteiger partial charge in [-0.2, -0.15) is 0 Å². The molecule has 0 radical (unpaired) electrons. The second-order valence-electron chi connectivity index (χ2n) is 2.29. The monoisotopic (exact) mass is 276 g/mol. The van der Waals surface area contributed by atoms with E-state index in [2.05, 4.69) is 10.2 Å². The van der Waals surface area contributed by atoms with Crippen LogP contribution in [-0.4, -0.2) is 10.2 Å². The third-order valence-corrected chi connectivity index (χ3v) is 1.89. The summed E-state index contributed by atoms with van der Waals surface area (Å²) in [6.07, 6.45) is 1.60. The predicted molar refractivity (Wildman–Crippen MR) is 49.5 cm³/mol. The Labute approximate surface area is 82.1 Å². The van der Waals surface area contributed by atoms with Crippen LogP contribution in [-0.2, 0) is 0 Å². The summed E-state index contributed by atoms with van der Waals surface area (Å²) in [5.74, 6) is 1.08. The highest BCUT2D eigenvalue weighted by Gasteiger charge is 2.11. The number of halogens is 1. The molecule has 0 aliphatic heterocycles. The van der Waals surface area contributed by atoms with Crippen LogP contribution in [0, 0.1) is 10.8 Å². The van der Waals surface area contributed by atoms with Crippen molar-refractivity contribution in [2.75, 3.05) is 0 Å². The Hall–Kier alpha value is -0.850. The normalized spacial score (nSPS) is 10.5. The molecule has 2 heterocycles. The fourth-order valence-electron chi connectivity index (χ4n) is 0.889. The Morgan fingerprint density at radius 3 is 2.75 bits per heavy atom. The van der Waals surface area contributed by atoms with Gasteiger partial charge in [0.1, 0.15) is 0 Å². The minimum atomic E-state index is 0.432. The van der Waals surface area contributed by atoms with E-state index in [0.717, 1.165) is 5.56 Å².